The summed E-state index contributed by atoms with van der Waals surface area (Å²) in [5, 5.41) is 2.24. The smallest absolute Gasteiger partial charge is 0.0617 e. The van der Waals surface area contributed by atoms with Gasteiger partial charge in [0.1, 0.15) is 0 Å². The van der Waals surface area contributed by atoms with Crippen molar-refractivity contribution in [3.05, 3.63) is 265 Å². The Morgan fingerprint density at radius 2 is 0.556 bits per heavy atom. The molecule has 3 heteroatoms. The molecule has 63 heavy (non-hydrogen) atoms. The Bertz CT molecular complexity index is 3050. The third-order valence-electron chi connectivity index (χ3n) is 11.7. The van der Waals surface area contributed by atoms with E-state index < -0.39 is 19.8 Å². The van der Waals surface area contributed by atoms with Crippen LogP contribution >= 0.6 is 19.8 Å². The summed E-state index contributed by atoms with van der Waals surface area (Å²) in [4.78, 5) is 2.31. The van der Waals surface area contributed by atoms with Gasteiger partial charge in [-0.25, -0.2) is 0 Å². The van der Waals surface area contributed by atoms with Gasteiger partial charge in [0.05, 0.1) is 0 Å². The first-order chi connectivity index (χ1) is 31.2. The molecule has 0 radical (unpaired) electrons. The Morgan fingerprint density at radius 1 is 0.254 bits per heavy atom. The molecular formula is C60H42INO. The zero-order valence-corrected chi connectivity index (χ0v) is 36.6. The van der Waals surface area contributed by atoms with E-state index in [9.17, 15) is 0 Å². The van der Waals surface area contributed by atoms with Crippen LogP contribution in [-0.2, 0) is 0 Å². The fraction of sp³-hybridized carbons (Fsp3) is 0. The van der Waals surface area contributed by atoms with Crippen LogP contribution in [0.3, 0.4) is 0 Å². The van der Waals surface area contributed by atoms with Gasteiger partial charge in [0.25, 0.3) is 0 Å². The van der Waals surface area contributed by atoms with Crippen molar-refractivity contribution >= 4 is 58.8 Å². The van der Waals surface area contributed by atoms with Crippen molar-refractivity contribution < 1.29 is 4.42 Å². The van der Waals surface area contributed by atoms with Crippen molar-refractivity contribution in [2.24, 2.45) is 0 Å². The SMILES string of the molecule is c1ccc(-c2ccc(N(c3ccccc3)c3ccc(-c4ccc5oc6ccc(-c7ccc(I(c8ccccc8)c8ccc(-c9ccccc9)cc8)cc7)cc6c5c4)cc3)cc2)cc1. The minimum Gasteiger partial charge on any atom is -0.0617 e. The maximum atomic E-state index is 6.40. The molecule has 0 amide bonds. The Hall–Kier alpha value is -7.47. The van der Waals surface area contributed by atoms with Crippen molar-refractivity contribution in [1.82, 2.24) is 0 Å². The fourth-order valence-corrected chi connectivity index (χ4v) is 13.9. The maximum absolute atomic E-state index is 6.40. The summed E-state index contributed by atoms with van der Waals surface area (Å²) in [7, 11) is 0. The molecule has 0 spiro atoms. The number of benzene rings is 10. The molecule has 2 nitrogen and oxygen atoms in total. The van der Waals surface area contributed by atoms with E-state index in [0.717, 1.165) is 50.1 Å². The standard InChI is InChI=1S/C60H42INO/c1-5-13-43(14-6-1)45-21-31-52(32-22-45)61(51-17-9-3-10-18-51)53-33-23-47(24-34-53)49-29-39-59-57(41-49)58-42-50(30-40-60(58)63-59)48-27-37-56(38-28-48)62(54-19-11-4-12-20-54)55-35-25-46(26-36-55)44-15-7-2-8-16-44/h1-42H. The van der Waals surface area contributed by atoms with Crippen molar-refractivity contribution in [3.8, 4) is 44.5 Å². The third-order valence-corrected chi connectivity index (χ3v) is 17.6. The van der Waals surface area contributed by atoms with Gasteiger partial charge in [-0.1, -0.05) is 60.7 Å². The molecule has 0 aliphatic rings. The zero-order valence-electron chi connectivity index (χ0n) is 34.5. The van der Waals surface area contributed by atoms with Gasteiger partial charge in [0, 0.05) is 17.1 Å². The first kappa shape index (κ1) is 38.5. The van der Waals surface area contributed by atoms with Crippen molar-refractivity contribution in [2.75, 3.05) is 4.90 Å². The van der Waals surface area contributed by atoms with Gasteiger partial charge in [-0.15, -0.1) is 0 Å². The summed E-state index contributed by atoms with van der Waals surface area (Å²) in [6.45, 7) is 0. The topological polar surface area (TPSA) is 16.4 Å². The number of hydrogen-bond acceptors (Lipinski definition) is 2. The van der Waals surface area contributed by atoms with Crippen LogP contribution in [0.25, 0.3) is 66.4 Å². The van der Waals surface area contributed by atoms with Gasteiger partial charge >= 0.3 is 248 Å². The summed E-state index contributed by atoms with van der Waals surface area (Å²) < 4.78 is 10.7. The van der Waals surface area contributed by atoms with Gasteiger partial charge in [-0.2, -0.15) is 0 Å². The second kappa shape index (κ2) is 17.1. The summed E-state index contributed by atoms with van der Waals surface area (Å²) in [6.07, 6.45) is 0. The number of furan rings is 1. The van der Waals surface area contributed by atoms with Gasteiger partial charge in [0.2, 0.25) is 0 Å². The number of fused-ring (bicyclic) bond motifs is 3. The first-order valence-electron chi connectivity index (χ1n) is 21.3. The number of para-hydroxylation sites is 1. The summed E-state index contributed by atoms with van der Waals surface area (Å²) in [5.74, 6) is 0. The molecule has 0 atom stereocenters. The minimum atomic E-state index is -1.94. The first-order valence-corrected chi connectivity index (χ1v) is 24.5. The molecule has 0 aliphatic carbocycles. The van der Waals surface area contributed by atoms with E-state index in [1.54, 1.807) is 0 Å². The Labute approximate surface area is 375 Å². The minimum absolute atomic E-state index is 0.892. The third kappa shape index (κ3) is 7.84. The number of hydrogen-bond donors (Lipinski definition) is 0. The molecule has 0 aliphatic heterocycles. The Morgan fingerprint density at radius 3 is 0.984 bits per heavy atom. The molecule has 10 aromatic carbocycles. The Kier molecular flexibility index (Phi) is 10.5. The summed E-state index contributed by atoms with van der Waals surface area (Å²) in [5.41, 5.74) is 14.7. The van der Waals surface area contributed by atoms with Crippen LogP contribution in [0, 0.1) is 10.7 Å². The Balaban J connectivity index is 0.884. The van der Waals surface area contributed by atoms with Gasteiger partial charge in [-0.05, 0) is 47.5 Å². The number of nitrogens with zero attached hydrogens (tertiary/aromatic N) is 1. The van der Waals surface area contributed by atoms with E-state index in [1.807, 2.05) is 0 Å². The van der Waals surface area contributed by atoms with E-state index in [0.29, 0.717) is 0 Å². The number of halogens is 1. The van der Waals surface area contributed by atoms with Crippen molar-refractivity contribution in [2.45, 2.75) is 0 Å². The fourth-order valence-electron chi connectivity index (χ4n) is 8.48. The second-order valence-corrected chi connectivity index (χ2v) is 21.0. The number of rotatable bonds is 10. The van der Waals surface area contributed by atoms with Crippen molar-refractivity contribution in [1.29, 1.82) is 0 Å². The zero-order chi connectivity index (χ0) is 42.0. The van der Waals surface area contributed by atoms with Crippen molar-refractivity contribution in [3.63, 3.8) is 0 Å². The average Bonchev–Trinajstić information content (AvgIpc) is 3.74. The molecule has 0 unspecified atom stereocenters. The predicted octanol–water partition coefficient (Wildman–Crippen LogP) is 17.1. The molecule has 11 aromatic rings. The molecule has 1 heterocycles. The van der Waals surface area contributed by atoms with Gasteiger partial charge < -0.3 is 4.90 Å². The normalized spacial score (nSPS) is 11.5. The van der Waals surface area contributed by atoms with Crippen LogP contribution in [0.15, 0.2) is 259 Å². The quantitative estimate of drug-likeness (QED) is 0.127. The van der Waals surface area contributed by atoms with Crippen LogP contribution in [0.4, 0.5) is 17.1 Å². The van der Waals surface area contributed by atoms with Crippen LogP contribution in [0.2, 0.25) is 0 Å². The van der Waals surface area contributed by atoms with Crippen LogP contribution in [0.5, 0.6) is 0 Å². The van der Waals surface area contributed by atoms with E-state index in [4.69, 9.17) is 4.42 Å². The molecule has 300 valence electrons. The van der Waals surface area contributed by atoms with E-state index >= 15 is 0 Å². The molecule has 1 aromatic heterocycles. The average molecular weight is 920 g/mol. The molecular weight excluding hydrogens is 878 g/mol. The summed E-state index contributed by atoms with van der Waals surface area (Å²) in [6, 6.07) is 92.2. The molecule has 0 saturated carbocycles. The van der Waals surface area contributed by atoms with E-state index in [1.165, 1.54) is 44.1 Å². The van der Waals surface area contributed by atoms with E-state index in [2.05, 4.69) is 260 Å². The summed E-state index contributed by atoms with van der Waals surface area (Å²) >= 11 is -1.94. The molecule has 0 saturated heterocycles. The van der Waals surface area contributed by atoms with Crippen LogP contribution in [-0.4, -0.2) is 0 Å². The molecule has 0 bridgehead atoms. The number of anilines is 3. The molecule has 0 N–H and O–H groups in total. The van der Waals surface area contributed by atoms with Gasteiger partial charge in [-0.3, -0.25) is 0 Å². The second-order valence-electron chi connectivity index (χ2n) is 15.6. The van der Waals surface area contributed by atoms with Crippen LogP contribution in [0.1, 0.15) is 0 Å². The predicted molar refractivity (Wildman–Crippen MR) is 273 cm³/mol. The van der Waals surface area contributed by atoms with Crippen LogP contribution < -0.4 is 4.90 Å². The molecule has 0 fully saturated rings. The van der Waals surface area contributed by atoms with Gasteiger partial charge in [0.15, 0.2) is 0 Å². The molecule has 11 rings (SSSR count). The van der Waals surface area contributed by atoms with E-state index in [-0.39, 0.29) is 0 Å². The monoisotopic (exact) mass is 919 g/mol.